The lowest BCUT2D eigenvalue weighted by atomic mass is 9.40. The summed E-state index contributed by atoms with van der Waals surface area (Å²) < 4.78 is 0. The maximum Gasteiger partial charge on any atom is 0.136 e. The van der Waals surface area contributed by atoms with Crippen molar-refractivity contribution in [2.75, 3.05) is 0 Å². The first kappa shape index (κ1) is 20.5. The van der Waals surface area contributed by atoms with E-state index in [4.69, 9.17) is 0 Å². The molecule has 0 aromatic carbocycles. The van der Waals surface area contributed by atoms with Crippen molar-refractivity contribution in [3.05, 3.63) is 0 Å². The molecule has 0 amide bonds. The van der Waals surface area contributed by atoms with E-state index < -0.39 is 5.60 Å². The molecule has 0 aromatic heterocycles. The van der Waals surface area contributed by atoms with E-state index in [0.717, 1.165) is 38.5 Å². The Kier molecular flexibility index (Phi) is 4.46. The quantitative estimate of drug-likeness (QED) is 0.639. The molecule has 0 bridgehead atoms. The van der Waals surface area contributed by atoms with Crippen LogP contribution in [0, 0.1) is 45.8 Å². The van der Waals surface area contributed by atoms with Crippen molar-refractivity contribution in [3.63, 3.8) is 0 Å². The summed E-state index contributed by atoms with van der Waals surface area (Å²) in [5.41, 5.74) is -0.761. The average Bonchev–Trinajstić information content (AvgIpc) is 2.95. The minimum atomic E-state index is -0.733. The zero-order valence-electron chi connectivity index (χ0n) is 19.0. The molecular formula is C26H42O3. The van der Waals surface area contributed by atoms with Crippen molar-refractivity contribution in [1.82, 2.24) is 0 Å². The maximum absolute atomic E-state index is 13.2. The van der Waals surface area contributed by atoms with Gasteiger partial charge in [0.1, 0.15) is 5.78 Å². The standard InChI is InChI=1S/C26H42O3/c1-16-13-20-21(24(4)11-8-19(28)15-26(16,24)29)9-12-23(3)22(20)14-18-7-5-6-10-25(18,23)17(2)27/h16,18-22,28-29H,5-15H2,1-4H3/t16-,18+,19+,20-,21+,22+,23+,24-,25-,26+/m1/s1. The molecule has 29 heavy (non-hydrogen) atoms. The number of aliphatic hydroxyl groups excluding tert-OH is 1. The summed E-state index contributed by atoms with van der Waals surface area (Å²) in [7, 11) is 0. The van der Waals surface area contributed by atoms with Crippen LogP contribution >= 0.6 is 0 Å². The van der Waals surface area contributed by atoms with Gasteiger partial charge < -0.3 is 10.2 Å². The van der Waals surface area contributed by atoms with Gasteiger partial charge in [-0.1, -0.05) is 33.6 Å². The summed E-state index contributed by atoms with van der Waals surface area (Å²) in [6.07, 6.45) is 11.5. The number of hydrogen-bond donors (Lipinski definition) is 2. The zero-order chi connectivity index (χ0) is 20.8. The molecule has 5 saturated carbocycles. The van der Waals surface area contributed by atoms with Gasteiger partial charge in [-0.2, -0.15) is 0 Å². The van der Waals surface area contributed by atoms with E-state index in [1.807, 2.05) is 6.92 Å². The fraction of sp³-hybridized carbons (Fsp3) is 0.962. The number of ketones is 1. The van der Waals surface area contributed by atoms with E-state index in [0.29, 0.717) is 35.9 Å². The largest absolute Gasteiger partial charge is 0.393 e. The van der Waals surface area contributed by atoms with Crippen molar-refractivity contribution >= 4 is 5.78 Å². The van der Waals surface area contributed by atoms with Crippen molar-refractivity contribution in [1.29, 1.82) is 0 Å². The van der Waals surface area contributed by atoms with Crippen molar-refractivity contribution in [3.8, 4) is 0 Å². The first-order chi connectivity index (χ1) is 13.6. The van der Waals surface area contributed by atoms with Crippen LogP contribution in [0.5, 0.6) is 0 Å². The Morgan fingerprint density at radius 1 is 0.931 bits per heavy atom. The molecule has 0 saturated heterocycles. The molecule has 5 rings (SSSR count). The number of Topliss-reactive ketones (excluding diaryl/α,β-unsaturated/α-hetero) is 1. The molecule has 3 heteroatoms. The normalized spacial score (nSPS) is 59.2. The van der Waals surface area contributed by atoms with Gasteiger partial charge >= 0.3 is 0 Å². The topological polar surface area (TPSA) is 57.5 Å². The number of carbonyl (C=O) groups is 1. The van der Waals surface area contributed by atoms with Crippen LogP contribution in [0.3, 0.4) is 0 Å². The number of rotatable bonds is 1. The summed E-state index contributed by atoms with van der Waals surface area (Å²) in [6.45, 7) is 8.96. The number of fused-ring (bicyclic) bond motifs is 7. The molecule has 0 aromatic rings. The Labute approximate surface area is 177 Å². The van der Waals surface area contributed by atoms with Gasteiger partial charge in [0, 0.05) is 11.8 Å². The van der Waals surface area contributed by atoms with Crippen molar-refractivity contribution in [2.45, 2.75) is 110 Å². The lowest BCUT2D eigenvalue weighted by Crippen LogP contribution is -2.66. The molecule has 5 fully saturated rings. The van der Waals surface area contributed by atoms with Crippen LogP contribution in [0.2, 0.25) is 0 Å². The van der Waals surface area contributed by atoms with Crippen LogP contribution < -0.4 is 0 Å². The highest BCUT2D eigenvalue weighted by Gasteiger charge is 2.71. The van der Waals surface area contributed by atoms with Crippen LogP contribution in [0.15, 0.2) is 0 Å². The minimum absolute atomic E-state index is 0.0818. The van der Waals surface area contributed by atoms with E-state index in [-0.39, 0.29) is 28.3 Å². The van der Waals surface area contributed by atoms with Crippen LogP contribution in [-0.2, 0) is 4.79 Å². The SMILES string of the molecule is CC(=O)[C@]12CCCC[C@H]1C[C@H]1[C@@H]3C[C@@H](C)[C@@]4(O)C[C@@H](O)CC[C@]4(C)[C@H]3CC[C@@]12C. The molecule has 3 nitrogen and oxygen atoms in total. The highest BCUT2D eigenvalue weighted by Crippen LogP contribution is 2.75. The predicted octanol–water partition coefficient (Wildman–Crippen LogP) is 5.13. The minimum Gasteiger partial charge on any atom is -0.393 e. The van der Waals surface area contributed by atoms with Crippen LogP contribution in [0.25, 0.3) is 0 Å². The summed E-state index contributed by atoms with van der Waals surface area (Å²) in [5.74, 6) is 3.08. The maximum atomic E-state index is 13.2. The highest BCUT2D eigenvalue weighted by atomic mass is 16.3. The fourth-order valence-corrected chi connectivity index (χ4v) is 10.5. The number of aliphatic hydroxyl groups is 2. The molecule has 0 aliphatic heterocycles. The van der Waals surface area contributed by atoms with Crippen LogP contribution in [0.4, 0.5) is 0 Å². The summed E-state index contributed by atoms with van der Waals surface area (Å²) in [5, 5.41) is 22.2. The lowest BCUT2D eigenvalue weighted by molar-refractivity contribution is -0.246. The molecule has 0 unspecified atom stereocenters. The van der Waals surface area contributed by atoms with Gasteiger partial charge in [-0.25, -0.2) is 0 Å². The Morgan fingerprint density at radius 2 is 1.66 bits per heavy atom. The first-order valence-electron chi connectivity index (χ1n) is 12.5. The van der Waals surface area contributed by atoms with E-state index in [9.17, 15) is 15.0 Å². The van der Waals surface area contributed by atoms with Crippen LogP contribution in [-0.4, -0.2) is 27.7 Å². The van der Waals surface area contributed by atoms with Crippen molar-refractivity contribution in [2.24, 2.45) is 45.8 Å². The summed E-state index contributed by atoms with van der Waals surface area (Å²) in [6, 6.07) is 0. The fourth-order valence-electron chi connectivity index (χ4n) is 10.5. The van der Waals surface area contributed by atoms with Gasteiger partial charge in [0.15, 0.2) is 0 Å². The van der Waals surface area contributed by atoms with Gasteiger partial charge in [-0.3, -0.25) is 4.79 Å². The molecule has 2 N–H and O–H groups in total. The zero-order valence-corrected chi connectivity index (χ0v) is 19.0. The smallest absolute Gasteiger partial charge is 0.136 e. The monoisotopic (exact) mass is 402 g/mol. The Balaban J connectivity index is 1.55. The van der Waals surface area contributed by atoms with E-state index >= 15 is 0 Å². The molecule has 10 atom stereocenters. The van der Waals surface area contributed by atoms with E-state index in [1.54, 1.807) is 0 Å². The second-order valence-corrected chi connectivity index (χ2v) is 12.4. The third-order valence-electron chi connectivity index (χ3n) is 11.9. The lowest BCUT2D eigenvalue weighted by Gasteiger charge is -2.66. The van der Waals surface area contributed by atoms with Crippen LogP contribution in [0.1, 0.15) is 98.3 Å². The molecule has 0 radical (unpaired) electrons. The Morgan fingerprint density at radius 3 is 2.38 bits per heavy atom. The molecule has 0 heterocycles. The number of hydrogen-bond acceptors (Lipinski definition) is 3. The van der Waals surface area contributed by atoms with Gasteiger partial charge in [0.25, 0.3) is 0 Å². The highest BCUT2D eigenvalue weighted by molar-refractivity contribution is 5.84. The summed E-state index contributed by atoms with van der Waals surface area (Å²) in [4.78, 5) is 13.2. The van der Waals surface area contributed by atoms with E-state index in [1.165, 1.54) is 25.7 Å². The molecule has 0 spiro atoms. The van der Waals surface area contributed by atoms with Gasteiger partial charge in [-0.15, -0.1) is 0 Å². The Bertz CT molecular complexity index is 704. The summed E-state index contributed by atoms with van der Waals surface area (Å²) >= 11 is 0. The third kappa shape index (κ3) is 2.30. The molecule has 164 valence electrons. The molecular weight excluding hydrogens is 360 g/mol. The molecule has 5 aliphatic carbocycles. The van der Waals surface area contributed by atoms with Crippen molar-refractivity contribution < 1.29 is 15.0 Å². The van der Waals surface area contributed by atoms with Gasteiger partial charge in [0.2, 0.25) is 0 Å². The molecule has 5 aliphatic rings. The van der Waals surface area contributed by atoms with Gasteiger partial charge in [-0.05, 0) is 98.7 Å². The first-order valence-corrected chi connectivity index (χ1v) is 12.5. The van der Waals surface area contributed by atoms with Gasteiger partial charge in [0.05, 0.1) is 11.7 Å². The van der Waals surface area contributed by atoms with E-state index in [2.05, 4.69) is 20.8 Å². The average molecular weight is 403 g/mol. The predicted molar refractivity (Wildman–Crippen MR) is 114 cm³/mol. The Hall–Kier alpha value is -0.410. The third-order valence-corrected chi connectivity index (χ3v) is 11.9. The second-order valence-electron chi connectivity index (χ2n) is 12.4. The second kappa shape index (κ2) is 6.31. The number of carbonyl (C=O) groups excluding carboxylic acids is 1.